The molecule has 2 heterocycles. The molecule has 1 aliphatic heterocycles. The Morgan fingerprint density at radius 2 is 1.93 bits per heavy atom. The van der Waals surface area contributed by atoms with Crippen molar-refractivity contribution in [3.8, 4) is 5.75 Å². The van der Waals surface area contributed by atoms with Crippen LogP contribution in [0.5, 0.6) is 5.75 Å². The number of carbonyl (C=O) groups is 1. The van der Waals surface area contributed by atoms with Gasteiger partial charge < -0.3 is 14.5 Å². The van der Waals surface area contributed by atoms with Gasteiger partial charge in [-0.15, -0.1) is 0 Å². The number of anilines is 1. The molecule has 0 atom stereocenters. The molecule has 1 aromatic heterocycles. The number of carbonyl (C=O) groups excluding carboxylic acids is 1. The van der Waals surface area contributed by atoms with Gasteiger partial charge in [0.15, 0.2) is 5.69 Å². The number of piperazine rings is 1. The number of aromatic nitrogens is 2. The zero-order valence-electron chi connectivity index (χ0n) is 14.5. The van der Waals surface area contributed by atoms with Crippen LogP contribution in [0, 0.1) is 0 Å². The van der Waals surface area contributed by atoms with Crippen molar-refractivity contribution in [3.63, 3.8) is 0 Å². The molecule has 1 fully saturated rings. The monoisotopic (exact) mass is 402 g/mol. The maximum atomic E-state index is 12.6. The quantitative estimate of drug-likeness (QED) is 0.789. The molecule has 0 bridgehead atoms. The maximum Gasteiger partial charge on any atom is 0.435 e. The predicted molar refractivity (Wildman–Crippen MR) is 94.0 cm³/mol. The van der Waals surface area contributed by atoms with Gasteiger partial charge in [-0.3, -0.25) is 9.48 Å². The van der Waals surface area contributed by atoms with E-state index in [2.05, 4.69) is 10.00 Å². The summed E-state index contributed by atoms with van der Waals surface area (Å²) in [5, 5.41) is 3.93. The van der Waals surface area contributed by atoms with Crippen LogP contribution < -0.4 is 9.64 Å². The summed E-state index contributed by atoms with van der Waals surface area (Å²) in [5.74, 6) is 0.312. The number of hydrogen-bond acceptors (Lipinski definition) is 4. The van der Waals surface area contributed by atoms with Gasteiger partial charge in [0.05, 0.1) is 12.1 Å². The van der Waals surface area contributed by atoms with E-state index in [0.29, 0.717) is 37.0 Å². The maximum absolute atomic E-state index is 12.6. The van der Waals surface area contributed by atoms with Gasteiger partial charge in [-0.1, -0.05) is 11.6 Å². The van der Waals surface area contributed by atoms with Crippen LogP contribution in [0.2, 0.25) is 5.02 Å². The highest BCUT2D eigenvalue weighted by atomic mass is 35.5. The number of hydrogen-bond donors (Lipinski definition) is 0. The first kappa shape index (κ1) is 19.3. The molecule has 1 amide bonds. The van der Waals surface area contributed by atoms with E-state index in [4.69, 9.17) is 16.3 Å². The second kappa shape index (κ2) is 7.67. The molecule has 1 aliphatic rings. The summed E-state index contributed by atoms with van der Waals surface area (Å²) in [4.78, 5) is 16.1. The SMILES string of the molecule is COc1cc(N2CCN(C(=O)Cn3ccc(C(F)(F)F)n3)CC2)ccc1Cl. The summed E-state index contributed by atoms with van der Waals surface area (Å²) in [7, 11) is 1.54. The van der Waals surface area contributed by atoms with E-state index in [1.807, 2.05) is 12.1 Å². The number of alkyl halides is 3. The van der Waals surface area contributed by atoms with Crippen molar-refractivity contribution in [2.75, 3.05) is 38.2 Å². The van der Waals surface area contributed by atoms with E-state index in [9.17, 15) is 18.0 Å². The van der Waals surface area contributed by atoms with Gasteiger partial charge in [-0.05, 0) is 18.2 Å². The molecule has 0 unspecified atom stereocenters. The average molecular weight is 403 g/mol. The minimum Gasteiger partial charge on any atom is -0.495 e. The zero-order valence-corrected chi connectivity index (χ0v) is 15.3. The lowest BCUT2D eigenvalue weighted by Crippen LogP contribution is -2.49. The first-order chi connectivity index (χ1) is 12.8. The smallest absolute Gasteiger partial charge is 0.435 e. The van der Waals surface area contributed by atoms with Gasteiger partial charge >= 0.3 is 6.18 Å². The number of ether oxygens (including phenoxy) is 1. The van der Waals surface area contributed by atoms with Gasteiger partial charge in [-0.25, -0.2) is 0 Å². The number of halogens is 4. The summed E-state index contributed by atoms with van der Waals surface area (Å²) in [6.45, 7) is 1.92. The molecule has 0 N–H and O–H groups in total. The lowest BCUT2D eigenvalue weighted by molar-refractivity contribution is -0.142. The van der Waals surface area contributed by atoms with Gasteiger partial charge in [0.25, 0.3) is 0 Å². The van der Waals surface area contributed by atoms with E-state index in [1.165, 1.54) is 0 Å². The third kappa shape index (κ3) is 4.47. The van der Waals surface area contributed by atoms with Crippen LogP contribution in [0.4, 0.5) is 18.9 Å². The first-order valence-corrected chi connectivity index (χ1v) is 8.62. The molecule has 10 heteroatoms. The highest BCUT2D eigenvalue weighted by Gasteiger charge is 2.33. The third-order valence-electron chi connectivity index (χ3n) is 4.36. The van der Waals surface area contributed by atoms with Crippen LogP contribution in [0.25, 0.3) is 0 Å². The van der Waals surface area contributed by atoms with E-state index < -0.39 is 11.9 Å². The van der Waals surface area contributed by atoms with Crippen LogP contribution >= 0.6 is 11.6 Å². The minimum atomic E-state index is -4.51. The Balaban J connectivity index is 1.57. The predicted octanol–water partition coefficient (Wildman–Crippen LogP) is 2.91. The number of benzene rings is 1. The fourth-order valence-electron chi connectivity index (χ4n) is 2.90. The van der Waals surface area contributed by atoms with Crippen molar-refractivity contribution in [3.05, 3.63) is 41.2 Å². The molecule has 3 rings (SSSR count). The minimum absolute atomic E-state index is 0.217. The molecular weight excluding hydrogens is 385 g/mol. The lowest BCUT2D eigenvalue weighted by Gasteiger charge is -2.36. The van der Waals surface area contributed by atoms with E-state index in [1.54, 1.807) is 18.1 Å². The van der Waals surface area contributed by atoms with Crippen molar-refractivity contribution in [1.82, 2.24) is 14.7 Å². The van der Waals surface area contributed by atoms with Gasteiger partial charge in [0, 0.05) is 44.1 Å². The summed E-state index contributed by atoms with van der Waals surface area (Å²) in [6, 6.07) is 6.33. The molecule has 1 saturated heterocycles. The highest BCUT2D eigenvalue weighted by Crippen LogP contribution is 2.30. The van der Waals surface area contributed by atoms with Crippen molar-refractivity contribution >= 4 is 23.2 Å². The Bertz CT molecular complexity index is 817. The largest absolute Gasteiger partial charge is 0.495 e. The number of rotatable bonds is 4. The Morgan fingerprint density at radius 3 is 2.52 bits per heavy atom. The van der Waals surface area contributed by atoms with Crippen LogP contribution in [0.15, 0.2) is 30.5 Å². The molecule has 0 saturated carbocycles. The van der Waals surface area contributed by atoms with E-state index in [0.717, 1.165) is 22.6 Å². The number of nitrogens with zero attached hydrogens (tertiary/aromatic N) is 4. The summed E-state index contributed by atoms with van der Waals surface area (Å²) in [5.41, 5.74) is -0.0675. The Kier molecular flexibility index (Phi) is 5.50. The molecular formula is C17H18ClF3N4O2. The second-order valence-corrected chi connectivity index (χ2v) is 6.49. The summed E-state index contributed by atoms with van der Waals surface area (Å²) >= 11 is 6.03. The van der Waals surface area contributed by atoms with Crippen LogP contribution in [-0.4, -0.2) is 53.9 Å². The molecule has 0 radical (unpaired) electrons. The summed E-state index contributed by atoms with van der Waals surface area (Å²) in [6.07, 6.45) is -3.35. The molecule has 27 heavy (non-hydrogen) atoms. The molecule has 0 aliphatic carbocycles. The van der Waals surface area contributed by atoms with Crippen LogP contribution in [0.3, 0.4) is 0 Å². The highest BCUT2D eigenvalue weighted by molar-refractivity contribution is 6.32. The zero-order chi connectivity index (χ0) is 19.6. The van der Waals surface area contributed by atoms with Crippen molar-refractivity contribution in [2.24, 2.45) is 0 Å². The second-order valence-electron chi connectivity index (χ2n) is 6.08. The summed E-state index contributed by atoms with van der Waals surface area (Å²) < 4.78 is 44.0. The van der Waals surface area contributed by atoms with Gasteiger partial charge in [0.2, 0.25) is 5.91 Å². The Morgan fingerprint density at radius 1 is 1.22 bits per heavy atom. The normalized spacial score (nSPS) is 15.1. The fraction of sp³-hybridized carbons (Fsp3) is 0.412. The molecule has 0 spiro atoms. The van der Waals surface area contributed by atoms with Crippen LogP contribution in [-0.2, 0) is 17.5 Å². The number of amides is 1. The van der Waals surface area contributed by atoms with Gasteiger partial charge in [0.1, 0.15) is 12.3 Å². The number of methoxy groups -OCH3 is 1. The first-order valence-electron chi connectivity index (χ1n) is 8.25. The standard InChI is InChI=1S/C17H18ClF3N4O2/c1-27-14-10-12(2-3-13(14)18)23-6-8-24(9-7-23)16(26)11-25-5-4-15(22-25)17(19,20)21/h2-5,10H,6-9,11H2,1H3. The molecule has 1 aromatic carbocycles. The molecule has 6 nitrogen and oxygen atoms in total. The van der Waals surface area contributed by atoms with Crippen molar-refractivity contribution < 1.29 is 22.7 Å². The van der Waals surface area contributed by atoms with E-state index >= 15 is 0 Å². The average Bonchev–Trinajstić information content (AvgIpc) is 3.11. The van der Waals surface area contributed by atoms with Gasteiger partial charge in [-0.2, -0.15) is 18.3 Å². The van der Waals surface area contributed by atoms with E-state index in [-0.39, 0.29) is 12.5 Å². The fourth-order valence-corrected chi connectivity index (χ4v) is 3.09. The van der Waals surface area contributed by atoms with Crippen LogP contribution in [0.1, 0.15) is 5.69 Å². The topological polar surface area (TPSA) is 50.6 Å². The molecule has 146 valence electrons. The Hall–Kier alpha value is -2.42. The lowest BCUT2D eigenvalue weighted by atomic mass is 10.2. The van der Waals surface area contributed by atoms with Crippen molar-refractivity contribution in [1.29, 1.82) is 0 Å². The third-order valence-corrected chi connectivity index (χ3v) is 4.67. The van der Waals surface area contributed by atoms with Crippen molar-refractivity contribution in [2.45, 2.75) is 12.7 Å². The Labute approximate surface area is 159 Å². The molecule has 2 aromatic rings.